The zero-order valence-electron chi connectivity index (χ0n) is 12.1. The predicted molar refractivity (Wildman–Crippen MR) is 79.7 cm³/mol. The monoisotopic (exact) mass is 272 g/mol. The summed E-state index contributed by atoms with van der Waals surface area (Å²) in [7, 11) is 3.50. The average Bonchev–Trinajstić information content (AvgIpc) is 2.92. The van der Waals surface area contributed by atoms with Crippen molar-refractivity contribution in [3.05, 3.63) is 48.0 Å². The number of hydrogen-bond donors (Lipinski definition) is 1. The molecule has 106 valence electrons. The second-order valence-corrected chi connectivity index (χ2v) is 4.80. The quantitative estimate of drug-likeness (QED) is 0.908. The second-order valence-electron chi connectivity index (χ2n) is 4.80. The fourth-order valence-corrected chi connectivity index (χ4v) is 1.96. The normalized spacial score (nSPS) is 10.3. The van der Waals surface area contributed by atoms with Crippen LogP contribution in [0.4, 0.5) is 5.69 Å². The summed E-state index contributed by atoms with van der Waals surface area (Å²) in [6.45, 7) is 3.72. The fourth-order valence-electron chi connectivity index (χ4n) is 1.96. The molecule has 20 heavy (non-hydrogen) atoms. The van der Waals surface area contributed by atoms with Crippen LogP contribution in [0, 0.1) is 0 Å². The van der Waals surface area contributed by atoms with Gasteiger partial charge in [-0.3, -0.25) is 4.79 Å². The molecule has 1 heterocycles. The lowest BCUT2D eigenvalue weighted by molar-refractivity contribution is 0.0827. The van der Waals surface area contributed by atoms with Crippen LogP contribution in [0.3, 0.4) is 0 Å². The standard InChI is InChI=1S/C15H20N4O/c1-4-19-11-16-9-14(19)10-17-13-7-5-12(6-8-13)15(20)18(2)3/h5-9,11,17H,4,10H2,1-3H3. The summed E-state index contributed by atoms with van der Waals surface area (Å²) in [4.78, 5) is 17.5. The van der Waals surface area contributed by atoms with Gasteiger partial charge in [0.25, 0.3) is 5.91 Å². The Balaban J connectivity index is 1.99. The van der Waals surface area contributed by atoms with Gasteiger partial charge in [-0.15, -0.1) is 0 Å². The van der Waals surface area contributed by atoms with Crippen molar-refractivity contribution in [1.82, 2.24) is 14.5 Å². The highest BCUT2D eigenvalue weighted by molar-refractivity contribution is 5.94. The highest BCUT2D eigenvalue weighted by Crippen LogP contribution is 2.12. The Kier molecular flexibility index (Phi) is 4.40. The van der Waals surface area contributed by atoms with Crippen molar-refractivity contribution < 1.29 is 4.79 Å². The minimum absolute atomic E-state index is 0.0145. The van der Waals surface area contributed by atoms with Crippen LogP contribution >= 0.6 is 0 Å². The first-order valence-electron chi connectivity index (χ1n) is 6.66. The SMILES string of the molecule is CCn1cncc1CNc1ccc(C(=O)N(C)C)cc1. The third kappa shape index (κ3) is 3.17. The van der Waals surface area contributed by atoms with Gasteiger partial charge in [-0.1, -0.05) is 0 Å². The van der Waals surface area contributed by atoms with E-state index in [1.807, 2.05) is 36.8 Å². The maximum atomic E-state index is 11.8. The minimum atomic E-state index is 0.0145. The van der Waals surface area contributed by atoms with Crippen molar-refractivity contribution in [2.75, 3.05) is 19.4 Å². The van der Waals surface area contributed by atoms with Crippen molar-refractivity contribution in [3.8, 4) is 0 Å². The molecule has 0 saturated carbocycles. The van der Waals surface area contributed by atoms with E-state index < -0.39 is 0 Å². The number of nitrogens with zero attached hydrogens (tertiary/aromatic N) is 3. The van der Waals surface area contributed by atoms with Gasteiger partial charge in [-0.2, -0.15) is 0 Å². The molecule has 1 amide bonds. The lowest BCUT2D eigenvalue weighted by Crippen LogP contribution is -2.21. The molecular formula is C15H20N4O. The summed E-state index contributed by atoms with van der Waals surface area (Å²) in [6, 6.07) is 7.51. The summed E-state index contributed by atoms with van der Waals surface area (Å²) in [5.74, 6) is 0.0145. The number of hydrogen-bond acceptors (Lipinski definition) is 3. The lowest BCUT2D eigenvalue weighted by atomic mass is 10.2. The fraction of sp³-hybridized carbons (Fsp3) is 0.333. The van der Waals surface area contributed by atoms with E-state index in [2.05, 4.69) is 21.8 Å². The number of anilines is 1. The van der Waals surface area contributed by atoms with E-state index in [9.17, 15) is 4.79 Å². The van der Waals surface area contributed by atoms with Gasteiger partial charge in [0, 0.05) is 38.1 Å². The Labute approximate surface area is 119 Å². The van der Waals surface area contributed by atoms with Crippen molar-refractivity contribution in [1.29, 1.82) is 0 Å². The molecule has 2 rings (SSSR count). The van der Waals surface area contributed by atoms with Crippen LogP contribution in [-0.4, -0.2) is 34.5 Å². The Morgan fingerprint density at radius 1 is 1.30 bits per heavy atom. The molecule has 0 fully saturated rings. The van der Waals surface area contributed by atoms with Crippen LogP contribution in [0.2, 0.25) is 0 Å². The van der Waals surface area contributed by atoms with Gasteiger partial charge >= 0.3 is 0 Å². The third-order valence-electron chi connectivity index (χ3n) is 3.15. The summed E-state index contributed by atoms with van der Waals surface area (Å²) < 4.78 is 2.09. The van der Waals surface area contributed by atoms with Gasteiger partial charge in [0.1, 0.15) is 0 Å². The van der Waals surface area contributed by atoms with E-state index in [1.165, 1.54) is 0 Å². The van der Waals surface area contributed by atoms with Crippen molar-refractivity contribution >= 4 is 11.6 Å². The molecule has 0 spiro atoms. The largest absolute Gasteiger partial charge is 0.379 e. The molecule has 1 aromatic carbocycles. The zero-order chi connectivity index (χ0) is 14.5. The van der Waals surface area contributed by atoms with E-state index in [0.717, 1.165) is 24.5 Å². The van der Waals surface area contributed by atoms with E-state index in [1.54, 1.807) is 19.0 Å². The molecule has 1 aromatic heterocycles. The Morgan fingerprint density at radius 3 is 2.60 bits per heavy atom. The van der Waals surface area contributed by atoms with E-state index in [4.69, 9.17) is 0 Å². The molecule has 0 bridgehead atoms. The van der Waals surface area contributed by atoms with Crippen molar-refractivity contribution in [3.63, 3.8) is 0 Å². The van der Waals surface area contributed by atoms with Crippen LogP contribution in [0.5, 0.6) is 0 Å². The molecule has 2 aromatic rings. The maximum absolute atomic E-state index is 11.8. The molecule has 0 aliphatic heterocycles. The molecule has 0 aliphatic carbocycles. The number of amides is 1. The van der Waals surface area contributed by atoms with Gasteiger partial charge in [0.2, 0.25) is 0 Å². The van der Waals surface area contributed by atoms with Gasteiger partial charge in [0.15, 0.2) is 0 Å². The number of imidazole rings is 1. The summed E-state index contributed by atoms with van der Waals surface area (Å²) in [5.41, 5.74) is 2.82. The van der Waals surface area contributed by atoms with Crippen molar-refractivity contribution in [2.24, 2.45) is 0 Å². The van der Waals surface area contributed by atoms with Crippen molar-refractivity contribution in [2.45, 2.75) is 20.0 Å². The molecule has 0 aliphatic rings. The summed E-state index contributed by atoms with van der Waals surface area (Å²) in [6.07, 6.45) is 3.69. The van der Waals surface area contributed by atoms with Crippen LogP contribution in [-0.2, 0) is 13.1 Å². The smallest absolute Gasteiger partial charge is 0.253 e. The molecule has 5 heteroatoms. The van der Waals surface area contributed by atoms with Gasteiger partial charge in [0.05, 0.1) is 18.6 Å². The summed E-state index contributed by atoms with van der Waals surface area (Å²) >= 11 is 0. The highest BCUT2D eigenvalue weighted by Gasteiger charge is 2.07. The number of carbonyl (C=O) groups is 1. The lowest BCUT2D eigenvalue weighted by Gasteiger charge is -2.11. The number of benzene rings is 1. The minimum Gasteiger partial charge on any atom is -0.379 e. The summed E-state index contributed by atoms with van der Waals surface area (Å²) in [5, 5.41) is 3.33. The van der Waals surface area contributed by atoms with Crippen LogP contribution < -0.4 is 5.32 Å². The molecular weight excluding hydrogens is 252 g/mol. The molecule has 5 nitrogen and oxygen atoms in total. The average molecular weight is 272 g/mol. The zero-order valence-corrected chi connectivity index (χ0v) is 12.1. The predicted octanol–water partition coefficient (Wildman–Crippen LogP) is 2.22. The molecule has 0 radical (unpaired) electrons. The number of aryl methyl sites for hydroxylation is 1. The first-order valence-corrected chi connectivity index (χ1v) is 6.66. The number of carbonyl (C=O) groups excluding carboxylic acids is 1. The van der Waals surface area contributed by atoms with Gasteiger partial charge < -0.3 is 14.8 Å². The number of aromatic nitrogens is 2. The topological polar surface area (TPSA) is 50.2 Å². The Bertz CT molecular complexity index is 572. The third-order valence-corrected chi connectivity index (χ3v) is 3.15. The van der Waals surface area contributed by atoms with E-state index in [0.29, 0.717) is 5.56 Å². The number of rotatable bonds is 5. The van der Waals surface area contributed by atoms with Gasteiger partial charge in [-0.05, 0) is 31.2 Å². The Hall–Kier alpha value is -2.30. The Morgan fingerprint density at radius 2 is 2.00 bits per heavy atom. The van der Waals surface area contributed by atoms with Gasteiger partial charge in [-0.25, -0.2) is 4.98 Å². The first kappa shape index (κ1) is 14.1. The van der Waals surface area contributed by atoms with Crippen LogP contribution in [0.1, 0.15) is 23.0 Å². The molecule has 0 unspecified atom stereocenters. The molecule has 0 atom stereocenters. The second kappa shape index (κ2) is 6.23. The number of nitrogens with one attached hydrogen (secondary N) is 1. The van der Waals surface area contributed by atoms with Crippen LogP contribution in [0.15, 0.2) is 36.8 Å². The van der Waals surface area contributed by atoms with Crippen LogP contribution in [0.25, 0.3) is 0 Å². The van der Waals surface area contributed by atoms with E-state index >= 15 is 0 Å². The highest BCUT2D eigenvalue weighted by atomic mass is 16.2. The van der Waals surface area contributed by atoms with E-state index in [-0.39, 0.29) is 5.91 Å². The molecule has 0 saturated heterocycles. The first-order chi connectivity index (χ1) is 9.61. The molecule has 1 N–H and O–H groups in total. The maximum Gasteiger partial charge on any atom is 0.253 e.